The average molecular weight is 371 g/mol. The molecule has 2 aromatic rings. The highest BCUT2D eigenvalue weighted by atomic mass is 32.1. The number of nitrogens with one attached hydrogen (secondary N) is 2. The molecule has 142 valence electrons. The maximum absolute atomic E-state index is 5.47. The zero-order valence-electron chi connectivity index (χ0n) is 16.9. The second-order valence-electron chi connectivity index (χ2n) is 5.96. The van der Waals surface area contributed by atoms with E-state index in [9.17, 15) is 0 Å². The van der Waals surface area contributed by atoms with Crippen molar-refractivity contribution in [2.75, 3.05) is 0 Å². The predicted molar refractivity (Wildman–Crippen MR) is 119 cm³/mol. The molecule has 0 aromatic heterocycles. The first-order valence-electron chi connectivity index (χ1n) is 9.90. The van der Waals surface area contributed by atoms with Gasteiger partial charge in [0, 0.05) is 6.54 Å². The fraction of sp³-hybridized carbons (Fsp3) is 0.435. The number of thiocarbonyl (C=S) groups is 1. The van der Waals surface area contributed by atoms with E-state index in [0.717, 1.165) is 18.1 Å². The van der Waals surface area contributed by atoms with Crippen molar-refractivity contribution in [3.63, 3.8) is 0 Å². The van der Waals surface area contributed by atoms with Crippen LogP contribution in [0.4, 0.5) is 0 Å². The van der Waals surface area contributed by atoms with Crippen molar-refractivity contribution >= 4 is 17.3 Å². The lowest BCUT2D eigenvalue weighted by molar-refractivity contribution is 0.523. The molecule has 3 heteroatoms. The van der Waals surface area contributed by atoms with Gasteiger partial charge in [0.15, 0.2) is 5.11 Å². The topological polar surface area (TPSA) is 24.1 Å². The van der Waals surface area contributed by atoms with E-state index in [4.69, 9.17) is 12.2 Å². The zero-order chi connectivity index (χ0) is 19.4. The number of rotatable bonds is 3. The molecule has 0 aliphatic heterocycles. The Balaban J connectivity index is 0.000000791. The summed E-state index contributed by atoms with van der Waals surface area (Å²) in [6.07, 6.45) is 3.54. The highest BCUT2D eigenvalue weighted by Gasteiger charge is 2.19. The molecule has 26 heavy (non-hydrogen) atoms. The Morgan fingerprint density at radius 3 is 2.35 bits per heavy atom. The average Bonchev–Trinajstić information content (AvgIpc) is 2.71. The summed E-state index contributed by atoms with van der Waals surface area (Å²) < 4.78 is 0. The molecular formula is C23H34N2S. The van der Waals surface area contributed by atoms with Crippen LogP contribution in [0.5, 0.6) is 0 Å². The van der Waals surface area contributed by atoms with Gasteiger partial charge in [0.25, 0.3) is 0 Å². The Morgan fingerprint density at radius 2 is 1.65 bits per heavy atom. The summed E-state index contributed by atoms with van der Waals surface area (Å²) >= 11 is 5.47. The minimum atomic E-state index is 0.336. The smallest absolute Gasteiger partial charge is 0.167 e. The number of aryl methyl sites for hydroxylation is 2. The van der Waals surface area contributed by atoms with E-state index in [2.05, 4.69) is 66.1 Å². The van der Waals surface area contributed by atoms with Gasteiger partial charge in [-0.25, -0.2) is 0 Å². The Kier molecular flexibility index (Phi) is 10.6. The normalized spacial score (nSPS) is 14.6. The van der Waals surface area contributed by atoms with Crippen LogP contribution in [0.3, 0.4) is 0 Å². The van der Waals surface area contributed by atoms with Gasteiger partial charge in [-0.3, -0.25) is 0 Å². The van der Waals surface area contributed by atoms with E-state index in [1.54, 1.807) is 0 Å². The van der Waals surface area contributed by atoms with Crippen molar-refractivity contribution in [3.05, 3.63) is 70.8 Å². The molecule has 0 amide bonds. The largest absolute Gasteiger partial charge is 0.359 e. The van der Waals surface area contributed by atoms with Crippen LogP contribution in [0.25, 0.3) is 0 Å². The molecule has 0 fully saturated rings. The molecule has 0 saturated carbocycles. The van der Waals surface area contributed by atoms with Gasteiger partial charge in [-0.2, -0.15) is 0 Å². The standard InChI is InChI=1S/C19H22N2S.2C2H6/c1-14-9-11-15(12-10-14)13-20-19(22)21-18-8-4-6-16-5-2-3-7-17(16)18;2*1-2/h2-3,5,7,9-12,18H,4,6,8,13H2,1H3,(H2,20,21,22);2*1-2H3. The van der Waals surface area contributed by atoms with E-state index in [-0.39, 0.29) is 0 Å². The van der Waals surface area contributed by atoms with E-state index in [1.165, 1.54) is 35.1 Å². The van der Waals surface area contributed by atoms with Crippen molar-refractivity contribution < 1.29 is 0 Å². The molecule has 2 N–H and O–H groups in total. The fourth-order valence-corrected chi connectivity index (χ4v) is 3.22. The van der Waals surface area contributed by atoms with Crippen LogP contribution in [-0.4, -0.2) is 5.11 Å². The number of hydrogen-bond donors (Lipinski definition) is 2. The van der Waals surface area contributed by atoms with Gasteiger partial charge in [-0.05, 0) is 55.1 Å². The predicted octanol–water partition coefficient (Wildman–Crippen LogP) is 6.09. The van der Waals surface area contributed by atoms with Crippen LogP contribution in [-0.2, 0) is 13.0 Å². The van der Waals surface area contributed by atoms with E-state index in [1.807, 2.05) is 27.7 Å². The molecule has 0 bridgehead atoms. The third-order valence-corrected chi connectivity index (χ3v) is 4.51. The Morgan fingerprint density at radius 1 is 1.00 bits per heavy atom. The van der Waals surface area contributed by atoms with Gasteiger partial charge >= 0.3 is 0 Å². The Bertz CT molecular complexity index is 650. The minimum Gasteiger partial charge on any atom is -0.359 e. The molecule has 0 spiro atoms. The van der Waals surface area contributed by atoms with Crippen molar-refractivity contribution in [3.8, 4) is 0 Å². The lowest BCUT2D eigenvalue weighted by atomic mass is 9.88. The first-order valence-corrected chi connectivity index (χ1v) is 10.3. The van der Waals surface area contributed by atoms with Gasteiger partial charge in [0.05, 0.1) is 6.04 Å². The van der Waals surface area contributed by atoms with Crippen LogP contribution < -0.4 is 10.6 Å². The fourth-order valence-electron chi connectivity index (χ4n) is 3.00. The lowest BCUT2D eigenvalue weighted by Gasteiger charge is -2.27. The molecule has 0 radical (unpaired) electrons. The second-order valence-corrected chi connectivity index (χ2v) is 6.36. The summed E-state index contributed by atoms with van der Waals surface area (Å²) in [6, 6.07) is 17.6. The molecule has 0 heterocycles. The number of fused-ring (bicyclic) bond motifs is 1. The third-order valence-electron chi connectivity index (χ3n) is 4.25. The molecule has 2 nitrogen and oxygen atoms in total. The minimum absolute atomic E-state index is 0.336. The van der Waals surface area contributed by atoms with Crippen LogP contribution in [0.2, 0.25) is 0 Å². The first-order chi connectivity index (χ1) is 12.7. The maximum Gasteiger partial charge on any atom is 0.167 e. The van der Waals surface area contributed by atoms with Crippen LogP contribution in [0.15, 0.2) is 48.5 Å². The number of hydrogen-bond acceptors (Lipinski definition) is 1. The third kappa shape index (κ3) is 6.80. The molecule has 1 aliphatic carbocycles. The van der Waals surface area contributed by atoms with Crippen molar-refractivity contribution in [1.29, 1.82) is 0 Å². The van der Waals surface area contributed by atoms with Crippen LogP contribution >= 0.6 is 12.2 Å². The summed E-state index contributed by atoms with van der Waals surface area (Å²) in [7, 11) is 0. The van der Waals surface area contributed by atoms with Crippen LogP contribution in [0, 0.1) is 6.92 Å². The maximum atomic E-state index is 5.47. The van der Waals surface area contributed by atoms with Crippen molar-refractivity contribution in [1.82, 2.24) is 10.6 Å². The monoisotopic (exact) mass is 370 g/mol. The van der Waals surface area contributed by atoms with E-state index >= 15 is 0 Å². The van der Waals surface area contributed by atoms with E-state index < -0.39 is 0 Å². The molecule has 1 unspecified atom stereocenters. The first kappa shape index (κ1) is 22.2. The molecule has 0 saturated heterocycles. The lowest BCUT2D eigenvalue weighted by Crippen LogP contribution is -2.38. The van der Waals surface area contributed by atoms with E-state index in [0.29, 0.717) is 6.04 Å². The molecular weight excluding hydrogens is 336 g/mol. The summed E-state index contributed by atoms with van der Waals surface area (Å²) in [5.74, 6) is 0. The number of benzene rings is 2. The van der Waals surface area contributed by atoms with Gasteiger partial charge in [0.2, 0.25) is 0 Å². The van der Waals surface area contributed by atoms with Gasteiger partial charge in [0.1, 0.15) is 0 Å². The van der Waals surface area contributed by atoms with Crippen molar-refractivity contribution in [2.24, 2.45) is 0 Å². The summed E-state index contributed by atoms with van der Waals surface area (Å²) in [5.41, 5.74) is 5.38. The molecule has 1 atom stereocenters. The quantitative estimate of drug-likeness (QED) is 0.639. The van der Waals surface area contributed by atoms with Gasteiger partial charge < -0.3 is 10.6 Å². The molecule has 3 rings (SSSR count). The Hall–Kier alpha value is -1.87. The Labute approximate surface area is 165 Å². The summed E-state index contributed by atoms with van der Waals surface area (Å²) in [5, 5.41) is 7.53. The van der Waals surface area contributed by atoms with Crippen molar-refractivity contribution in [2.45, 2.75) is 66.5 Å². The van der Waals surface area contributed by atoms with Gasteiger partial charge in [-0.15, -0.1) is 0 Å². The molecule has 1 aliphatic rings. The van der Waals surface area contributed by atoms with Crippen LogP contribution in [0.1, 0.15) is 68.8 Å². The zero-order valence-corrected chi connectivity index (χ0v) is 17.7. The summed E-state index contributed by atoms with van der Waals surface area (Å²) in [4.78, 5) is 0. The summed E-state index contributed by atoms with van der Waals surface area (Å²) in [6.45, 7) is 10.9. The second kappa shape index (κ2) is 12.5. The highest BCUT2D eigenvalue weighted by Crippen LogP contribution is 2.29. The SMILES string of the molecule is CC.CC.Cc1ccc(CNC(=S)NC2CCCc3ccccc32)cc1. The highest BCUT2D eigenvalue weighted by molar-refractivity contribution is 7.80. The molecule has 2 aromatic carbocycles. The van der Waals surface area contributed by atoms with Gasteiger partial charge in [-0.1, -0.05) is 81.8 Å².